The first-order valence-electron chi connectivity index (χ1n) is 9.19. The van der Waals surface area contributed by atoms with Crippen molar-refractivity contribution in [3.63, 3.8) is 0 Å². The molecule has 0 spiro atoms. The van der Waals surface area contributed by atoms with Gasteiger partial charge in [0.2, 0.25) is 0 Å². The Bertz CT molecular complexity index is 516. The van der Waals surface area contributed by atoms with Gasteiger partial charge in [0.1, 0.15) is 0 Å². The lowest BCUT2D eigenvalue weighted by molar-refractivity contribution is -0.0400. The fourth-order valence-electron chi connectivity index (χ4n) is 6.79. The molecule has 3 heteroatoms. The summed E-state index contributed by atoms with van der Waals surface area (Å²) in [5.74, 6) is 2.16. The molecule has 3 nitrogen and oxygen atoms in total. The second-order valence-corrected chi connectivity index (χ2v) is 8.90. The van der Waals surface area contributed by atoms with Crippen molar-refractivity contribution >= 4 is 0 Å². The number of hydrogen-bond donors (Lipinski definition) is 1. The molecule has 0 aromatic rings. The zero-order valence-electron chi connectivity index (χ0n) is 13.9. The normalized spacial score (nSPS) is 54.0. The molecule has 3 saturated carbocycles. The van der Waals surface area contributed by atoms with Crippen molar-refractivity contribution in [2.24, 2.45) is 33.8 Å². The van der Waals surface area contributed by atoms with Crippen LogP contribution in [0, 0.1) is 33.5 Å². The lowest BCUT2D eigenvalue weighted by Crippen LogP contribution is -2.50. The highest BCUT2D eigenvalue weighted by atomic mass is 16.3. The Morgan fingerprint density at radius 1 is 1.14 bits per heavy atom. The van der Waals surface area contributed by atoms with E-state index in [-0.39, 0.29) is 17.6 Å². The topological polar surface area (TPSA) is 49.7 Å². The molecule has 0 aromatic heterocycles. The zero-order chi connectivity index (χ0) is 15.5. The highest BCUT2D eigenvalue weighted by Gasteiger charge is 2.59. The van der Waals surface area contributed by atoms with Crippen LogP contribution in [-0.4, -0.2) is 17.3 Å². The van der Waals surface area contributed by atoms with E-state index in [1.54, 1.807) is 0 Å². The highest BCUT2D eigenvalue weighted by Crippen LogP contribution is 2.65. The lowest BCUT2D eigenvalue weighted by atomic mass is 9.48. The number of fused-ring (bicyclic) bond motifs is 5. The third-order valence-electron chi connectivity index (χ3n) is 8.16. The summed E-state index contributed by atoms with van der Waals surface area (Å²) in [6, 6.07) is 0.0461. The van der Waals surface area contributed by atoms with Gasteiger partial charge in [-0.3, -0.25) is 0 Å². The van der Waals surface area contributed by atoms with Gasteiger partial charge in [-0.05, 0) is 80.0 Å². The van der Waals surface area contributed by atoms with Crippen LogP contribution in [0.2, 0.25) is 0 Å². The van der Waals surface area contributed by atoms with E-state index in [0.29, 0.717) is 11.3 Å². The number of nitrogens with zero attached hydrogens (tertiary/aromatic N) is 1. The Morgan fingerprint density at radius 2 is 1.95 bits per heavy atom. The quantitative estimate of drug-likeness (QED) is 0.575. The van der Waals surface area contributed by atoms with Gasteiger partial charge in [-0.25, -0.2) is 0 Å². The molecule has 3 fully saturated rings. The molecule has 4 aliphatic rings. The second-order valence-electron chi connectivity index (χ2n) is 8.90. The summed E-state index contributed by atoms with van der Waals surface area (Å²) in [4.78, 5) is 11.3. The molecule has 4 rings (SSSR count). The van der Waals surface area contributed by atoms with E-state index in [9.17, 15) is 10.0 Å². The average molecular weight is 303 g/mol. The number of aliphatic hydroxyl groups is 1. The van der Waals surface area contributed by atoms with Crippen molar-refractivity contribution < 1.29 is 5.11 Å². The summed E-state index contributed by atoms with van der Waals surface area (Å²) in [5.41, 5.74) is 1.98. The van der Waals surface area contributed by atoms with Crippen LogP contribution in [0.1, 0.15) is 65.2 Å². The molecule has 122 valence electrons. The minimum atomic E-state index is -0.125. The van der Waals surface area contributed by atoms with Crippen molar-refractivity contribution in [1.29, 1.82) is 0 Å². The first kappa shape index (κ1) is 14.9. The highest BCUT2D eigenvalue weighted by molar-refractivity contribution is 5.25. The maximum Gasteiger partial charge on any atom is 0.0975 e. The van der Waals surface area contributed by atoms with Crippen molar-refractivity contribution in [2.75, 3.05) is 0 Å². The van der Waals surface area contributed by atoms with Crippen molar-refractivity contribution in [2.45, 2.75) is 77.4 Å². The molecule has 4 aliphatic carbocycles. The molecule has 0 saturated heterocycles. The minimum absolute atomic E-state index is 0.0461. The van der Waals surface area contributed by atoms with E-state index < -0.39 is 0 Å². The molecule has 0 aromatic carbocycles. The summed E-state index contributed by atoms with van der Waals surface area (Å²) >= 11 is 0. The number of hydrogen-bond acceptors (Lipinski definition) is 3. The van der Waals surface area contributed by atoms with E-state index in [1.165, 1.54) is 24.8 Å². The van der Waals surface area contributed by atoms with Gasteiger partial charge in [0, 0.05) is 0 Å². The number of nitroso groups, excluding NO2 is 1. The molecule has 0 bridgehead atoms. The number of rotatable bonds is 1. The molecular weight excluding hydrogens is 274 g/mol. The van der Waals surface area contributed by atoms with E-state index in [1.807, 2.05) is 0 Å². The molecule has 0 heterocycles. The molecule has 0 amide bonds. The number of aliphatic hydroxyl groups excluding tert-OH is 1. The summed E-state index contributed by atoms with van der Waals surface area (Å²) < 4.78 is 0. The van der Waals surface area contributed by atoms with Crippen molar-refractivity contribution in [3.8, 4) is 0 Å². The van der Waals surface area contributed by atoms with E-state index in [2.05, 4.69) is 25.1 Å². The van der Waals surface area contributed by atoms with Crippen molar-refractivity contribution in [3.05, 3.63) is 16.6 Å². The Hall–Kier alpha value is -0.700. The van der Waals surface area contributed by atoms with Gasteiger partial charge in [-0.15, -0.1) is 0 Å². The SMILES string of the molecule is C[C@]12CCC3C(CC=C4C[C@@H](O)CC[C@@]43C)C1CCC2N=O. The molecule has 1 N–H and O–H groups in total. The van der Waals surface area contributed by atoms with Gasteiger partial charge in [0.15, 0.2) is 0 Å². The molecule has 0 radical (unpaired) electrons. The fourth-order valence-corrected chi connectivity index (χ4v) is 6.79. The summed E-state index contributed by atoms with van der Waals surface area (Å²) in [6.45, 7) is 4.79. The van der Waals surface area contributed by atoms with Gasteiger partial charge in [-0.1, -0.05) is 30.7 Å². The Kier molecular flexibility index (Phi) is 3.31. The van der Waals surface area contributed by atoms with Crippen LogP contribution in [0.3, 0.4) is 0 Å². The maximum absolute atomic E-state index is 11.3. The maximum atomic E-state index is 11.3. The van der Waals surface area contributed by atoms with Crippen LogP contribution in [-0.2, 0) is 0 Å². The lowest BCUT2D eigenvalue weighted by Gasteiger charge is -2.57. The van der Waals surface area contributed by atoms with E-state index >= 15 is 0 Å². The Morgan fingerprint density at radius 3 is 2.73 bits per heavy atom. The average Bonchev–Trinajstić information content (AvgIpc) is 2.84. The summed E-state index contributed by atoms with van der Waals surface area (Å²) in [5, 5.41) is 13.5. The third-order valence-corrected chi connectivity index (χ3v) is 8.16. The van der Waals surface area contributed by atoms with Crippen LogP contribution in [0.5, 0.6) is 0 Å². The summed E-state index contributed by atoms with van der Waals surface area (Å²) in [6.07, 6.45) is 11.1. The first-order valence-corrected chi connectivity index (χ1v) is 9.19. The van der Waals surface area contributed by atoms with Gasteiger partial charge in [0.25, 0.3) is 0 Å². The molecule has 22 heavy (non-hydrogen) atoms. The van der Waals surface area contributed by atoms with Crippen LogP contribution < -0.4 is 0 Å². The predicted octanol–water partition coefficient (Wildman–Crippen LogP) is 4.45. The molecular formula is C19H29NO2. The monoisotopic (exact) mass is 303 g/mol. The van der Waals surface area contributed by atoms with Crippen molar-refractivity contribution in [1.82, 2.24) is 0 Å². The third kappa shape index (κ3) is 1.84. The smallest absolute Gasteiger partial charge is 0.0975 e. The van der Waals surface area contributed by atoms with Crippen LogP contribution in [0.25, 0.3) is 0 Å². The van der Waals surface area contributed by atoms with E-state index in [4.69, 9.17) is 0 Å². The van der Waals surface area contributed by atoms with Crippen LogP contribution in [0.4, 0.5) is 0 Å². The molecule has 7 atom stereocenters. The standard InChI is InChI=1S/C19H29NO2/c1-18-9-7-13(21)11-12(18)3-4-14-15-5-6-17(20-22)19(15,2)10-8-16(14)18/h3,13-17,21H,4-11H2,1-2H3/t13-,14?,15?,16?,17?,18-,19-/m0/s1. The number of allylic oxidation sites excluding steroid dienone is 1. The molecule has 4 unspecified atom stereocenters. The Labute approximate surface area is 133 Å². The minimum Gasteiger partial charge on any atom is -0.393 e. The predicted molar refractivity (Wildman–Crippen MR) is 87.3 cm³/mol. The van der Waals surface area contributed by atoms with Gasteiger partial charge < -0.3 is 5.11 Å². The Balaban J connectivity index is 1.67. The zero-order valence-corrected chi connectivity index (χ0v) is 13.9. The van der Waals surface area contributed by atoms with Gasteiger partial charge in [-0.2, -0.15) is 4.91 Å². The second kappa shape index (κ2) is 4.90. The largest absolute Gasteiger partial charge is 0.393 e. The summed E-state index contributed by atoms with van der Waals surface area (Å²) in [7, 11) is 0. The van der Waals surface area contributed by atoms with Gasteiger partial charge in [0.05, 0.1) is 12.1 Å². The van der Waals surface area contributed by atoms with Crippen LogP contribution in [0.15, 0.2) is 16.8 Å². The fraction of sp³-hybridized carbons (Fsp3) is 0.895. The van der Waals surface area contributed by atoms with E-state index in [0.717, 1.165) is 43.9 Å². The van der Waals surface area contributed by atoms with Gasteiger partial charge >= 0.3 is 0 Å². The molecule has 0 aliphatic heterocycles. The first-order chi connectivity index (χ1) is 10.5. The van der Waals surface area contributed by atoms with Crippen LogP contribution >= 0.6 is 0 Å².